The van der Waals surface area contributed by atoms with Gasteiger partial charge in [0.2, 0.25) is 0 Å². The quantitative estimate of drug-likeness (QED) is 0.652. The number of nitrogens with two attached hydrogens (primary N) is 1. The van der Waals surface area contributed by atoms with Gasteiger partial charge >= 0.3 is 0 Å². The topological polar surface area (TPSA) is 35.2 Å². The Labute approximate surface area is 74.8 Å². The molecule has 2 nitrogen and oxygen atoms in total. The van der Waals surface area contributed by atoms with Gasteiger partial charge in [0.1, 0.15) is 0 Å². The zero-order chi connectivity index (χ0) is 9.03. The first-order chi connectivity index (χ1) is 5.66. The fourth-order valence-electron chi connectivity index (χ4n) is 1.59. The minimum absolute atomic E-state index is 0.0444. The number of hydrogen-bond acceptors (Lipinski definition) is 2. The Balaban J connectivity index is 2.25. The molecule has 1 aliphatic rings. The standard InChI is InChI=1S/C10H19NO/c1-3-9(2)12-8-10(11)6-4-5-7-10/h3,9H,1,4-8,11H2,2H3. The maximum atomic E-state index is 6.10. The van der Waals surface area contributed by atoms with Gasteiger partial charge in [0, 0.05) is 5.54 Å². The van der Waals surface area contributed by atoms with Crippen LogP contribution in [0.1, 0.15) is 32.6 Å². The third-order valence-corrected chi connectivity index (χ3v) is 2.56. The van der Waals surface area contributed by atoms with Crippen LogP contribution in [0.15, 0.2) is 12.7 Å². The van der Waals surface area contributed by atoms with Crippen molar-refractivity contribution in [2.45, 2.75) is 44.2 Å². The molecule has 0 heterocycles. The normalized spacial score (nSPS) is 23.8. The zero-order valence-corrected chi connectivity index (χ0v) is 7.88. The fourth-order valence-corrected chi connectivity index (χ4v) is 1.59. The van der Waals surface area contributed by atoms with Crippen LogP contribution in [0.4, 0.5) is 0 Å². The number of hydrogen-bond donors (Lipinski definition) is 1. The van der Waals surface area contributed by atoms with Crippen LogP contribution in [0.2, 0.25) is 0 Å². The monoisotopic (exact) mass is 169 g/mol. The van der Waals surface area contributed by atoms with Crippen LogP contribution >= 0.6 is 0 Å². The third kappa shape index (κ3) is 2.61. The molecule has 1 rings (SSSR count). The first-order valence-corrected chi connectivity index (χ1v) is 4.69. The average Bonchev–Trinajstić information content (AvgIpc) is 2.49. The molecule has 2 N–H and O–H groups in total. The van der Waals surface area contributed by atoms with Crippen LogP contribution in [-0.4, -0.2) is 18.2 Å². The van der Waals surface area contributed by atoms with Gasteiger partial charge < -0.3 is 10.5 Å². The molecule has 0 spiro atoms. The Morgan fingerprint density at radius 2 is 2.17 bits per heavy atom. The summed E-state index contributed by atoms with van der Waals surface area (Å²) in [5.41, 5.74) is 6.06. The van der Waals surface area contributed by atoms with Crippen LogP contribution in [0.3, 0.4) is 0 Å². The molecule has 0 aliphatic heterocycles. The van der Waals surface area contributed by atoms with Gasteiger partial charge in [-0.3, -0.25) is 0 Å². The molecule has 0 amide bonds. The molecule has 0 bridgehead atoms. The summed E-state index contributed by atoms with van der Waals surface area (Å²) >= 11 is 0. The highest BCUT2D eigenvalue weighted by Gasteiger charge is 2.29. The van der Waals surface area contributed by atoms with E-state index in [1.54, 1.807) is 6.08 Å². The summed E-state index contributed by atoms with van der Waals surface area (Å²) in [6, 6.07) is 0. The lowest BCUT2D eigenvalue weighted by molar-refractivity contribution is 0.0570. The molecule has 0 saturated heterocycles. The minimum Gasteiger partial charge on any atom is -0.373 e. The lowest BCUT2D eigenvalue weighted by Gasteiger charge is -2.24. The van der Waals surface area contributed by atoms with Gasteiger partial charge in [-0.25, -0.2) is 0 Å². The number of rotatable bonds is 4. The SMILES string of the molecule is C=CC(C)OCC1(N)CCCC1. The van der Waals surface area contributed by atoms with Crippen molar-refractivity contribution < 1.29 is 4.74 Å². The summed E-state index contributed by atoms with van der Waals surface area (Å²) < 4.78 is 5.54. The van der Waals surface area contributed by atoms with Crippen molar-refractivity contribution in [3.05, 3.63) is 12.7 Å². The molecule has 0 aromatic carbocycles. The van der Waals surface area contributed by atoms with Crippen LogP contribution in [0, 0.1) is 0 Å². The van der Waals surface area contributed by atoms with Crippen molar-refractivity contribution in [1.29, 1.82) is 0 Å². The Hall–Kier alpha value is -0.340. The molecule has 1 aliphatic carbocycles. The van der Waals surface area contributed by atoms with Gasteiger partial charge in [-0.2, -0.15) is 0 Å². The summed E-state index contributed by atoms with van der Waals surface area (Å²) in [6.07, 6.45) is 6.66. The second-order valence-electron chi connectivity index (χ2n) is 3.82. The molecule has 12 heavy (non-hydrogen) atoms. The van der Waals surface area contributed by atoms with Crippen LogP contribution in [0.5, 0.6) is 0 Å². The molecule has 70 valence electrons. The van der Waals surface area contributed by atoms with Gasteiger partial charge in [-0.05, 0) is 19.8 Å². The van der Waals surface area contributed by atoms with Crippen molar-refractivity contribution in [3.8, 4) is 0 Å². The summed E-state index contributed by atoms with van der Waals surface area (Å²) in [7, 11) is 0. The van der Waals surface area contributed by atoms with Crippen molar-refractivity contribution >= 4 is 0 Å². The van der Waals surface area contributed by atoms with E-state index < -0.39 is 0 Å². The molecule has 0 aromatic heterocycles. The Bertz CT molecular complexity index is 150. The lowest BCUT2D eigenvalue weighted by atomic mass is 10.0. The van der Waals surface area contributed by atoms with Gasteiger partial charge in [-0.1, -0.05) is 18.9 Å². The summed E-state index contributed by atoms with van der Waals surface area (Å²) in [5.74, 6) is 0. The molecule has 1 atom stereocenters. The van der Waals surface area contributed by atoms with E-state index in [1.165, 1.54) is 12.8 Å². The smallest absolute Gasteiger partial charge is 0.0725 e. The maximum absolute atomic E-state index is 6.10. The molecule has 2 heteroatoms. The summed E-state index contributed by atoms with van der Waals surface area (Å²) in [4.78, 5) is 0. The predicted molar refractivity (Wildman–Crippen MR) is 51.0 cm³/mol. The second-order valence-corrected chi connectivity index (χ2v) is 3.82. The van der Waals surface area contributed by atoms with Crippen molar-refractivity contribution in [2.24, 2.45) is 5.73 Å². The van der Waals surface area contributed by atoms with E-state index in [4.69, 9.17) is 10.5 Å². The Morgan fingerprint density at radius 1 is 1.58 bits per heavy atom. The van der Waals surface area contributed by atoms with Gasteiger partial charge in [0.05, 0.1) is 12.7 Å². The highest BCUT2D eigenvalue weighted by Crippen LogP contribution is 2.27. The largest absolute Gasteiger partial charge is 0.373 e. The van der Waals surface area contributed by atoms with Gasteiger partial charge in [-0.15, -0.1) is 6.58 Å². The van der Waals surface area contributed by atoms with E-state index in [1.807, 2.05) is 6.92 Å². The third-order valence-electron chi connectivity index (χ3n) is 2.56. The van der Waals surface area contributed by atoms with E-state index in [0.717, 1.165) is 12.8 Å². The molecule has 1 unspecified atom stereocenters. The van der Waals surface area contributed by atoms with Gasteiger partial charge in [0.25, 0.3) is 0 Å². The van der Waals surface area contributed by atoms with Gasteiger partial charge in [0.15, 0.2) is 0 Å². The fraction of sp³-hybridized carbons (Fsp3) is 0.800. The highest BCUT2D eigenvalue weighted by molar-refractivity contribution is 4.90. The number of ether oxygens (including phenoxy) is 1. The summed E-state index contributed by atoms with van der Waals surface area (Å²) in [6.45, 7) is 6.33. The molecule has 1 saturated carbocycles. The zero-order valence-electron chi connectivity index (χ0n) is 7.88. The molecular weight excluding hydrogens is 150 g/mol. The van der Waals surface area contributed by atoms with Crippen molar-refractivity contribution in [3.63, 3.8) is 0 Å². The van der Waals surface area contributed by atoms with E-state index in [2.05, 4.69) is 6.58 Å². The second kappa shape index (κ2) is 4.06. The van der Waals surface area contributed by atoms with Crippen molar-refractivity contribution in [2.75, 3.05) is 6.61 Å². The van der Waals surface area contributed by atoms with Crippen LogP contribution < -0.4 is 5.73 Å². The molecule has 1 fully saturated rings. The van der Waals surface area contributed by atoms with Crippen LogP contribution in [-0.2, 0) is 4.74 Å². The molecule has 0 aromatic rings. The first-order valence-electron chi connectivity index (χ1n) is 4.69. The first kappa shape index (κ1) is 9.75. The van der Waals surface area contributed by atoms with E-state index in [0.29, 0.717) is 6.61 Å². The lowest BCUT2D eigenvalue weighted by Crippen LogP contribution is -2.42. The average molecular weight is 169 g/mol. The Kier molecular flexibility index (Phi) is 3.29. The van der Waals surface area contributed by atoms with Crippen molar-refractivity contribution in [1.82, 2.24) is 0 Å². The molecule has 0 radical (unpaired) electrons. The van der Waals surface area contributed by atoms with E-state index >= 15 is 0 Å². The minimum atomic E-state index is -0.0444. The maximum Gasteiger partial charge on any atom is 0.0725 e. The predicted octanol–water partition coefficient (Wildman–Crippen LogP) is 1.85. The van der Waals surface area contributed by atoms with Crippen LogP contribution in [0.25, 0.3) is 0 Å². The van der Waals surface area contributed by atoms with E-state index in [9.17, 15) is 0 Å². The molecular formula is C10H19NO. The summed E-state index contributed by atoms with van der Waals surface area (Å²) in [5, 5.41) is 0. The Morgan fingerprint density at radius 3 is 2.67 bits per heavy atom. The highest BCUT2D eigenvalue weighted by atomic mass is 16.5. The van der Waals surface area contributed by atoms with E-state index in [-0.39, 0.29) is 11.6 Å².